The van der Waals surface area contributed by atoms with Crippen molar-refractivity contribution in [2.45, 2.75) is 13.8 Å². The smallest absolute Gasteiger partial charge is 0.320 e. The van der Waals surface area contributed by atoms with Crippen molar-refractivity contribution in [2.75, 3.05) is 37.7 Å². The number of thioether (sulfide) groups is 1. The Morgan fingerprint density at radius 3 is 2.47 bits per heavy atom. The van der Waals surface area contributed by atoms with Gasteiger partial charge in [-0.3, -0.25) is 4.79 Å². The van der Waals surface area contributed by atoms with E-state index >= 15 is 0 Å². The molecule has 17 heavy (non-hydrogen) atoms. The first-order valence-corrected chi connectivity index (χ1v) is 7.06. The molecule has 1 heterocycles. The molecule has 1 atom stereocenters. The van der Waals surface area contributed by atoms with E-state index in [-0.39, 0.29) is 12.6 Å². The summed E-state index contributed by atoms with van der Waals surface area (Å²) in [6.45, 7) is 5.88. The van der Waals surface area contributed by atoms with Crippen LogP contribution < -0.4 is 0 Å². The minimum absolute atomic E-state index is 0.0269. The molecule has 0 bridgehead atoms. The van der Waals surface area contributed by atoms with Crippen LogP contribution in [-0.2, 0) is 4.79 Å². The quantitative estimate of drug-likeness (QED) is 0.825. The standard InChI is InChI=1S/C11H20N2O3S/c1-3-12(8-9(2)10(14)15)11(16)13-4-6-17-7-5-13/h9H,3-8H2,1-2H3,(H,14,15). The molecule has 0 spiro atoms. The maximum atomic E-state index is 12.1. The molecule has 1 fully saturated rings. The Hall–Kier alpha value is -0.910. The predicted octanol–water partition coefficient (Wildman–Crippen LogP) is 1.20. The number of nitrogens with zero attached hydrogens (tertiary/aromatic N) is 2. The fraction of sp³-hybridized carbons (Fsp3) is 0.818. The van der Waals surface area contributed by atoms with Gasteiger partial charge in [-0.15, -0.1) is 0 Å². The lowest BCUT2D eigenvalue weighted by atomic mass is 10.2. The van der Waals surface area contributed by atoms with Crippen LogP contribution in [-0.4, -0.2) is 64.6 Å². The van der Waals surface area contributed by atoms with Gasteiger partial charge in [-0.1, -0.05) is 6.92 Å². The molecule has 1 aliphatic rings. The number of carbonyl (C=O) groups excluding carboxylic acids is 1. The molecule has 0 aliphatic carbocycles. The van der Waals surface area contributed by atoms with E-state index in [9.17, 15) is 9.59 Å². The lowest BCUT2D eigenvalue weighted by Gasteiger charge is -2.33. The average Bonchev–Trinajstić information content (AvgIpc) is 2.35. The summed E-state index contributed by atoms with van der Waals surface area (Å²) >= 11 is 1.85. The van der Waals surface area contributed by atoms with Crippen LogP contribution in [0.5, 0.6) is 0 Å². The molecule has 1 rings (SSSR count). The number of hydrogen-bond acceptors (Lipinski definition) is 3. The maximum absolute atomic E-state index is 12.1. The molecule has 1 unspecified atom stereocenters. The van der Waals surface area contributed by atoms with E-state index in [4.69, 9.17) is 5.11 Å². The first-order valence-electron chi connectivity index (χ1n) is 5.90. The van der Waals surface area contributed by atoms with Crippen molar-refractivity contribution in [3.63, 3.8) is 0 Å². The normalized spacial score (nSPS) is 17.6. The number of hydrogen-bond donors (Lipinski definition) is 1. The molecule has 1 N–H and O–H groups in total. The van der Waals surface area contributed by atoms with Crippen molar-refractivity contribution < 1.29 is 14.7 Å². The van der Waals surface area contributed by atoms with Gasteiger partial charge in [0.15, 0.2) is 0 Å². The second-order valence-corrected chi connectivity index (χ2v) is 5.38. The molecule has 0 aromatic rings. The van der Waals surface area contributed by atoms with Gasteiger partial charge in [0.1, 0.15) is 0 Å². The van der Waals surface area contributed by atoms with Crippen LogP contribution in [0.3, 0.4) is 0 Å². The second kappa shape index (κ2) is 6.74. The van der Waals surface area contributed by atoms with Gasteiger partial charge in [0.2, 0.25) is 0 Å². The number of aliphatic carboxylic acids is 1. The highest BCUT2D eigenvalue weighted by Crippen LogP contribution is 2.12. The van der Waals surface area contributed by atoms with Crippen LogP contribution in [0, 0.1) is 5.92 Å². The third-order valence-electron chi connectivity index (χ3n) is 2.85. The van der Waals surface area contributed by atoms with Gasteiger partial charge < -0.3 is 14.9 Å². The minimum Gasteiger partial charge on any atom is -0.481 e. The van der Waals surface area contributed by atoms with E-state index in [1.165, 1.54) is 0 Å². The van der Waals surface area contributed by atoms with Crippen molar-refractivity contribution in [1.82, 2.24) is 9.80 Å². The molecule has 0 radical (unpaired) electrons. The monoisotopic (exact) mass is 260 g/mol. The third kappa shape index (κ3) is 4.11. The van der Waals surface area contributed by atoms with Gasteiger partial charge in [-0.25, -0.2) is 4.79 Å². The van der Waals surface area contributed by atoms with Crippen molar-refractivity contribution in [3.8, 4) is 0 Å². The van der Waals surface area contributed by atoms with Crippen molar-refractivity contribution in [3.05, 3.63) is 0 Å². The zero-order chi connectivity index (χ0) is 12.8. The van der Waals surface area contributed by atoms with Gasteiger partial charge in [0.05, 0.1) is 5.92 Å². The summed E-state index contributed by atoms with van der Waals surface area (Å²) in [7, 11) is 0. The molecule has 1 aliphatic heterocycles. The van der Waals surface area contributed by atoms with E-state index in [1.807, 2.05) is 23.6 Å². The summed E-state index contributed by atoms with van der Waals surface area (Å²) < 4.78 is 0. The van der Waals surface area contributed by atoms with E-state index in [0.717, 1.165) is 24.6 Å². The Balaban J connectivity index is 2.53. The Bertz CT molecular complexity index is 280. The molecule has 1 saturated heterocycles. The van der Waals surface area contributed by atoms with Gasteiger partial charge in [0.25, 0.3) is 0 Å². The van der Waals surface area contributed by atoms with Crippen molar-refractivity contribution >= 4 is 23.8 Å². The topological polar surface area (TPSA) is 60.9 Å². The fourth-order valence-electron chi connectivity index (χ4n) is 1.71. The summed E-state index contributed by atoms with van der Waals surface area (Å²) in [5.74, 6) is 0.568. The van der Waals surface area contributed by atoms with Crippen LogP contribution in [0.1, 0.15) is 13.8 Å². The lowest BCUT2D eigenvalue weighted by molar-refractivity contribution is -0.141. The van der Waals surface area contributed by atoms with E-state index in [0.29, 0.717) is 6.54 Å². The number of carbonyl (C=O) groups is 2. The Morgan fingerprint density at radius 1 is 1.41 bits per heavy atom. The zero-order valence-corrected chi connectivity index (χ0v) is 11.2. The molecule has 0 saturated carbocycles. The molecule has 2 amide bonds. The van der Waals surface area contributed by atoms with Crippen LogP contribution in [0.25, 0.3) is 0 Å². The molecule has 6 heteroatoms. The Morgan fingerprint density at radius 2 is 2.00 bits per heavy atom. The number of urea groups is 1. The first-order chi connectivity index (χ1) is 8.06. The predicted molar refractivity (Wildman–Crippen MR) is 68.3 cm³/mol. The summed E-state index contributed by atoms with van der Waals surface area (Å²) in [6.07, 6.45) is 0. The van der Waals surface area contributed by atoms with Gasteiger partial charge in [-0.05, 0) is 6.92 Å². The third-order valence-corrected chi connectivity index (χ3v) is 3.79. The Labute approximate surface area is 106 Å². The number of amides is 2. The molecular weight excluding hydrogens is 240 g/mol. The summed E-state index contributed by atoms with van der Waals surface area (Å²) in [5.41, 5.74) is 0. The van der Waals surface area contributed by atoms with E-state index < -0.39 is 11.9 Å². The summed E-state index contributed by atoms with van der Waals surface area (Å²) in [6, 6.07) is -0.0269. The van der Waals surface area contributed by atoms with Crippen molar-refractivity contribution in [1.29, 1.82) is 0 Å². The average molecular weight is 260 g/mol. The molecule has 0 aromatic carbocycles. The SMILES string of the molecule is CCN(CC(C)C(=O)O)C(=O)N1CCSCC1. The zero-order valence-electron chi connectivity index (χ0n) is 10.4. The van der Waals surface area contributed by atoms with Crippen LogP contribution >= 0.6 is 11.8 Å². The molecule has 98 valence electrons. The second-order valence-electron chi connectivity index (χ2n) is 4.16. The van der Waals surface area contributed by atoms with Gasteiger partial charge in [-0.2, -0.15) is 11.8 Å². The van der Waals surface area contributed by atoms with Crippen LogP contribution in [0.15, 0.2) is 0 Å². The maximum Gasteiger partial charge on any atom is 0.320 e. The molecule has 0 aromatic heterocycles. The van der Waals surface area contributed by atoms with Crippen LogP contribution in [0.2, 0.25) is 0 Å². The summed E-state index contributed by atoms with van der Waals surface area (Å²) in [5, 5.41) is 8.86. The van der Waals surface area contributed by atoms with E-state index in [1.54, 1.807) is 11.8 Å². The van der Waals surface area contributed by atoms with Crippen molar-refractivity contribution in [2.24, 2.45) is 5.92 Å². The fourth-order valence-corrected chi connectivity index (χ4v) is 2.61. The number of rotatable bonds is 4. The Kier molecular flexibility index (Phi) is 5.61. The largest absolute Gasteiger partial charge is 0.481 e. The van der Waals surface area contributed by atoms with E-state index in [2.05, 4.69) is 0 Å². The lowest BCUT2D eigenvalue weighted by Crippen LogP contribution is -2.48. The van der Waals surface area contributed by atoms with Gasteiger partial charge >= 0.3 is 12.0 Å². The van der Waals surface area contributed by atoms with Gasteiger partial charge in [0, 0.05) is 37.7 Å². The highest BCUT2D eigenvalue weighted by Gasteiger charge is 2.24. The number of carboxylic acids is 1. The van der Waals surface area contributed by atoms with Crippen LogP contribution in [0.4, 0.5) is 4.79 Å². The highest BCUT2D eigenvalue weighted by atomic mass is 32.2. The number of carboxylic acid groups (broad SMARTS) is 1. The summed E-state index contributed by atoms with van der Waals surface area (Å²) in [4.78, 5) is 26.4. The molecule has 5 nitrogen and oxygen atoms in total. The molecular formula is C11H20N2O3S. The first kappa shape index (κ1) is 14.2. The highest BCUT2D eigenvalue weighted by molar-refractivity contribution is 7.99. The minimum atomic E-state index is -0.856.